The molecule has 1 aliphatic rings. The van der Waals surface area contributed by atoms with Gasteiger partial charge in [-0.2, -0.15) is 0 Å². The first-order valence-electron chi connectivity index (χ1n) is 5.01. The second-order valence-corrected chi connectivity index (χ2v) is 4.03. The van der Waals surface area contributed by atoms with E-state index < -0.39 is 0 Å². The highest BCUT2D eigenvalue weighted by Gasteiger charge is 2.32. The molecule has 0 heterocycles. The SMILES string of the molecule is CC(C)C=C1C(=O)c2ccccc2C1=O. The minimum absolute atomic E-state index is 0.135. The number of allylic oxidation sites excluding steroid dienone is 2. The van der Waals surface area contributed by atoms with Crippen molar-refractivity contribution in [2.75, 3.05) is 0 Å². The summed E-state index contributed by atoms with van der Waals surface area (Å²) in [5, 5.41) is 0. The molecular formula is C13H12O2. The molecule has 0 saturated heterocycles. The molecule has 0 radical (unpaired) electrons. The van der Waals surface area contributed by atoms with Crippen molar-refractivity contribution in [1.82, 2.24) is 0 Å². The Hall–Kier alpha value is -1.70. The molecule has 0 aromatic heterocycles. The van der Waals surface area contributed by atoms with Crippen molar-refractivity contribution in [3.05, 3.63) is 47.0 Å². The number of ketones is 2. The summed E-state index contributed by atoms with van der Waals surface area (Å²) in [5.41, 5.74) is 1.40. The highest BCUT2D eigenvalue weighted by atomic mass is 16.2. The molecule has 1 aromatic rings. The molecule has 1 aromatic carbocycles. The lowest BCUT2D eigenvalue weighted by molar-refractivity contribution is 0.0987. The lowest BCUT2D eigenvalue weighted by Crippen LogP contribution is -2.02. The zero-order valence-electron chi connectivity index (χ0n) is 8.78. The van der Waals surface area contributed by atoms with E-state index in [4.69, 9.17) is 0 Å². The topological polar surface area (TPSA) is 34.1 Å². The second-order valence-electron chi connectivity index (χ2n) is 4.03. The van der Waals surface area contributed by atoms with Gasteiger partial charge in [-0.05, 0) is 5.92 Å². The van der Waals surface area contributed by atoms with Gasteiger partial charge < -0.3 is 0 Å². The largest absolute Gasteiger partial charge is 0.288 e. The molecule has 0 amide bonds. The van der Waals surface area contributed by atoms with Crippen LogP contribution in [0.15, 0.2) is 35.9 Å². The van der Waals surface area contributed by atoms with E-state index in [1.54, 1.807) is 30.3 Å². The van der Waals surface area contributed by atoms with Crippen LogP contribution < -0.4 is 0 Å². The highest BCUT2D eigenvalue weighted by molar-refractivity contribution is 6.39. The fraction of sp³-hybridized carbons (Fsp3) is 0.231. The average molecular weight is 200 g/mol. The van der Waals surface area contributed by atoms with Crippen molar-refractivity contribution in [2.45, 2.75) is 13.8 Å². The highest BCUT2D eigenvalue weighted by Crippen LogP contribution is 2.26. The molecule has 1 aliphatic carbocycles. The van der Waals surface area contributed by atoms with E-state index in [0.29, 0.717) is 16.7 Å². The van der Waals surface area contributed by atoms with E-state index in [9.17, 15) is 9.59 Å². The van der Waals surface area contributed by atoms with E-state index in [1.807, 2.05) is 13.8 Å². The summed E-state index contributed by atoms with van der Waals surface area (Å²) in [6.45, 7) is 3.91. The van der Waals surface area contributed by atoms with E-state index in [2.05, 4.69) is 0 Å². The average Bonchev–Trinajstić information content (AvgIpc) is 2.44. The second kappa shape index (κ2) is 3.46. The maximum absolute atomic E-state index is 11.9. The summed E-state index contributed by atoms with van der Waals surface area (Å²) in [5.74, 6) is -0.0594. The molecule has 0 aliphatic heterocycles. The van der Waals surface area contributed by atoms with Gasteiger partial charge in [-0.15, -0.1) is 0 Å². The number of carbonyl (C=O) groups excluding carboxylic acids is 2. The summed E-state index contributed by atoms with van der Waals surface area (Å²) < 4.78 is 0. The van der Waals surface area contributed by atoms with Crippen LogP contribution in [0.25, 0.3) is 0 Å². The number of fused-ring (bicyclic) bond motifs is 1. The monoisotopic (exact) mass is 200 g/mol. The van der Waals surface area contributed by atoms with Crippen LogP contribution in [0.4, 0.5) is 0 Å². The van der Waals surface area contributed by atoms with Crippen molar-refractivity contribution in [2.24, 2.45) is 5.92 Å². The Bertz CT molecular complexity index is 430. The number of carbonyl (C=O) groups is 2. The van der Waals surface area contributed by atoms with Crippen LogP contribution in [0.5, 0.6) is 0 Å². The van der Waals surface area contributed by atoms with E-state index in [0.717, 1.165) is 0 Å². The molecule has 0 spiro atoms. The number of hydrogen-bond acceptors (Lipinski definition) is 2. The maximum atomic E-state index is 11.9. The van der Waals surface area contributed by atoms with Crippen molar-refractivity contribution < 1.29 is 9.59 Å². The van der Waals surface area contributed by atoms with E-state index in [-0.39, 0.29) is 17.5 Å². The number of hydrogen-bond donors (Lipinski definition) is 0. The van der Waals surface area contributed by atoms with Gasteiger partial charge in [-0.25, -0.2) is 0 Å². The maximum Gasteiger partial charge on any atom is 0.197 e. The Balaban J connectivity index is 2.55. The van der Waals surface area contributed by atoms with Gasteiger partial charge in [0.15, 0.2) is 11.6 Å². The van der Waals surface area contributed by atoms with Crippen molar-refractivity contribution >= 4 is 11.6 Å². The molecule has 76 valence electrons. The van der Waals surface area contributed by atoms with Crippen LogP contribution in [-0.4, -0.2) is 11.6 Å². The Labute approximate surface area is 88.6 Å². The van der Waals surface area contributed by atoms with Crippen LogP contribution in [0, 0.1) is 5.92 Å². The van der Waals surface area contributed by atoms with Gasteiger partial charge >= 0.3 is 0 Å². The summed E-state index contributed by atoms with van der Waals surface area (Å²) in [6.07, 6.45) is 1.74. The lowest BCUT2D eigenvalue weighted by Gasteiger charge is -1.96. The van der Waals surface area contributed by atoms with Gasteiger partial charge in [-0.1, -0.05) is 44.2 Å². The van der Waals surface area contributed by atoms with Gasteiger partial charge in [-0.3, -0.25) is 9.59 Å². The fourth-order valence-electron chi connectivity index (χ4n) is 1.76. The quantitative estimate of drug-likeness (QED) is 0.516. The summed E-state index contributed by atoms with van der Waals surface area (Å²) in [4.78, 5) is 23.7. The van der Waals surface area contributed by atoms with Crippen LogP contribution in [0.1, 0.15) is 34.6 Å². The van der Waals surface area contributed by atoms with Gasteiger partial charge in [0, 0.05) is 11.1 Å². The van der Waals surface area contributed by atoms with Crippen molar-refractivity contribution in [3.8, 4) is 0 Å². The minimum Gasteiger partial charge on any atom is -0.288 e. The van der Waals surface area contributed by atoms with Crippen LogP contribution in [-0.2, 0) is 0 Å². The zero-order chi connectivity index (χ0) is 11.0. The van der Waals surface area contributed by atoms with Crippen molar-refractivity contribution in [3.63, 3.8) is 0 Å². The van der Waals surface area contributed by atoms with Gasteiger partial charge in [0.25, 0.3) is 0 Å². The van der Waals surface area contributed by atoms with E-state index >= 15 is 0 Å². The van der Waals surface area contributed by atoms with E-state index in [1.165, 1.54) is 0 Å². The fourth-order valence-corrected chi connectivity index (χ4v) is 1.76. The molecular weight excluding hydrogens is 188 g/mol. The Morgan fingerprint density at radius 2 is 1.47 bits per heavy atom. The number of benzene rings is 1. The molecule has 0 fully saturated rings. The lowest BCUT2D eigenvalue weighted by atomic mass is 10.1. The number of Topliss-reactive ketones (excluding diaryl/α,β-unsaturated/α-hetero) is 2. The molecule has 2 rings (SSSR count). The summed E-state index contributed by atoms with van der Waals surface area (Å²) >= 11 is 0. The molecule has 0 atom stereocenters. The predicted octanol–water partition coefficient (Wildman–Crippen LogP) is 2.65. The molecule has 2 nitrogen and oxygen atoms in total. The van der Waals surface area contributed by atoms with Crippen molar-refractivity contribution in [1.29, 1.82) is 0 Å². The Kier molecular flexibility index (Phi) is 2.27. The Morgan fingerprint density at radius 1 is 1.00 bits per heavy atom. The molecule has 0 saturated carbocycles. The molecule has 15 heavy (non-hydrogen) atoms. The molecule has 0 unspecified atom stereocenters. The minimum atomic E-state index is -0.135. The Morgan fingerprint density at radius 3 is 1.87 bits per heavy atom. The summed E-state index contributed by atoms with van der Waals surface area (Å²) in [7, 11) is 0. The third kappa shape index (κ3) is 1.52. The first-order valence-corrected chi connectivity index (χ1v) is 5.01. The third-order valence-corrected chi connectivity index (χ3v) is 2.41. The van der Waals surface area contributed by atoms with Crippen LogP contribution >= 0.6 is 0 Å². The smallest absolute Gasteiger partial charge is 0.197 e. The van der Waals surface area contributed by atoms with Gasteiger partial charge in [0.1, 0.15) is 0 Å². The van der Waals surface area contributed by atoms with Gasteiger partial charge in [0.05, 0.1) is 5.57 Å². The third-order valence-electron chi connectivity index (χ3n) is 2.41. The first kappa shape index (κ1) is 9.84. The summed E-state index contributed by atoms with van der Waals surface area (Å²) in [6, 6.07) is 6.97. The van der Waals surface area contributed by atoms with Gasteiger partial charge in [0.2, 0.25) is 0 Å². The molecule has 0 N–H and O–H groups in total. The molecule has 0 bridgehead atoms. The van der Waals surface area contributed by atoms with Crippen LogP contribution in [0.3, 0.4) is 0 Å². The predicted molar refractivity (Wildman–Crippen MR) is 58.0 cm³/mol. The zero-order valence-corrected chi connectivity index (χ0v) is 8.78. The van der Waals surface area contributed by atoms with Crippen LogP contribution in [0.2, 0.25) is 0 Å². The standard InChI is InChI=1S/C13H12O2/c1-8(2)7-11-12(14)9-5-3-4-6-10(9)13(11)15/h3-8H,1-2H3. The first-order chi connectivity index (χ1) is 7.11. The number of rotatable bonds is 1. The molecule has 2 heteroatoms. The normalized spacial score (nSPS) is 14.7.